The Kier molecular flexibility index (Phi) is 9.42. The van der Waals surface area contributed by atoms with Crippen molar-refractivity contribution in [3.8, 4) is 5.75 Å². The van der Waals surface area contributed by atoms with E-state index in [1.807, 2.05) is 18.0 Å². The number of ether oxygens (including phenoxy) is 2. The highest BCUT2D eigenvalue weighted by atomic mass is 127. The molecule has 8 heteroatoms. The lowest BCUT2D eigenvalue weighted by molar-refractivity contribution is -0.0166. The summed E-state index contributed by atoms with van der Waals surface area (Å²) in [6.45, 7) is 5.39. The van der Waals surface area contributed by atoms with Gasteiger partial charge in [-0.3, -0.25) is 9.89 Å². The number of rotatable bonds is 6. The third-order valence-corrected chi connectivity index (χ3v) is 5.99. The van der Waals surface area contributed by atoms with E-state index < -0.39 is 0 Å². The van der Waals surface area contributed by atoms with Gasteiger partial charge in [0, 0.05) is 45.9 Å². The molecule has 0 aromatic heterocycles. The molecule has 1 aromatic carbocycles. The fourth-order valence-electron chi connectivity index (χ4n) is 4.33. The zero-order chi connectivity index (χ0) is 20.0. The second kappa shape index (κ2) is 11.3. The molecule has 0 aliphatic carbocycles. The van der Waals surface area contributed by atoms with Crippen molar-refractivity contribution in [2.24, 2.45) is 4.99 Å². The van der Waals surface area contributed by atoms with Gasteiger partial charge in [-0.1, -0.05) is 6.07 Å². The van der Waals surface area contributed by atoms with Gasteiger partial charge in [0.05, 0.1) is 7.11 Å². The first-order valence-corrected chi connectivity index (χ1v) is 10.1. The van der Waals surface area contributed by atoms with Crippen molar-refractivity contribution in [3.63, 3.8) is 0 Å². The molecule has 2 aliphatic rings. The van der Waals surface area contributed by atoms with E-state index in [1.54, 1.807) is 13.1 Å². The molecule has 2 aliphatic heterocycles. The quantitative estimate of drug-likeness (QED) is 0.355. The van der Waals surface area contributed by atoms with Crippen LogP contribution in [0.25, 0.3) is 0 Å². The van der Waals surface area contributed by atoms with Gasteiger partial charge in [0.25, 0.3) is 0 Å². The Hall–Kier alpha value is -1.13. The molecule has 2 saturated heterocycles. The Morgan fingerprint density at radius 3 is 2.59 bits per heavy atom. The third-order valence-electron chi connectivity index (χ3n) is 5.99. The maximum absolute atomic E-state index is 14.0. The maximum atomic E-state index is 14.0. The van der Waals surface area contributed by atoms with E-state index in [-0.39, 0.29) is 41.1 Å². The maximum Gasteiger partial charge on any atom is 0.193 e. The first kappa shape index (κ1) is 24.1. The average molecular weight is 520 g/mol. The average Bonchev–Trinajstić information content (AvgIpc) is 3.25. The number of halogens is 2. The van der Waals surface area contributed by atoms with Gasteiger partial charge in [0.2, 0.25) is 0 Å². The summed E-state index contributed by atoms with van der Waals surface area (Å²) in [6, 6.07) is 5.07. The second-order valence-corrected chi connectivity index (χ2v) is 7.76. The summed E-state index contributed by atoms with van der Waals surface area (Å²) >= 11 is 0. The smallest absolute Gasteiger partial charge is 0.193 e. The SMILES string of the molecule is CN=C(NCC1(N2CCCC2)CCOCC1)N(C)Cc1ccc(OC)c(F)c1.I. The number of guanidine groups is 1. The van der Waals surface area contributed by atoms with Crippen LogP contribution in [0.4, 0.5) is 4.39 Å². The van der Waals surface area contributed by atoms with Crippen LogP contribution in [0, 0.1) is 5.82 Å². The highest BCUT2D eigenvalue weighted by molar-refractivity contribution is 14.0. The fraction of sp³-hybridized carbons (Fsp3) is 0.667. The summed E-state index contributed by atoms with van der Waals surface area (Å²) in [5.41, 5.74) is 1.02. The number of hydrogen-bond acceptors (Lipinski definition) is 4. The summed E-state index contributed by atoms with van der Waals surface area (Å²) in [5.74, 6) is 0.744. The summed E-state index contributed by atoms with van der Waals surface area (Å²) in [7, 11) is 5.24. The van der Waals surface area contributed by atoms with E-state index >= 15 is 0 Å². The number of hydrogen-bond donors (Lipinski definition) is 1. The Labute approximate surface area is 190 Å². The standard InChI is InChI=1S/C21H33FN4O2.HI/c1-23-20(25(2)15-17-6-7-19(27-3)18(22)14-17)24-16-21(8-12-28-13-9-21)26-10-4-5-11-26;/h6-7,14H,4-5,8-13,15-16H2,1-3H3,(H,23,24);1H. The molecule has 0 saturated carbocycles. The molecule has 0 atom stereocenters. The van der Waals surface area contributed by atoms with Crippen LogP contribution in [0.1, 0.15) is 31.2 Å². The molecule has 2 fully saturated rings. The number of methoxy groups -OCH3 is 1. The van der Waals surface area contributed by atoms with E-state index in [0.29, 0.717) is 6.54 Å². The minimum atomic E-state index is -0.341. The molecule has 0 radical (unpaired) electrons. The van der Waals surface area contributed by atoms with Crippen molar-refractivity contribution in [2.45, 2.75) is 37.8 Å². The van der Waals surface area contributed by atoms with Crippen molar-refractivity contribution in [1.29, 1.82) is 0 Å². The normalized spacial score (nSPS) is 19.5. The van der Waals surface area contributed by atoms with Crippen LogP contribution in [0.2, 0.25) is 0 Å². The second-order valence-electron chi connectivity index (χ2n) is 7.76. The van der Waals surface area contributed by atoms with E-state index in [0.717, 1.165) is 44.1 Å². The molecule has 164 valence electrons. The molecule has 2 heterocycles. The van der Waals surface area contributed by atoms with Crippen LogP contribution in [-0.2, 0) is 11.3 Å². The lowest BCUT2D eigenvalue weighted by atomic mass is 9.88. The minimum absolute atomic E-state index is 0. The Bertz CT molecular complexity index is 677. The lowest BCUT2D eigenvalue weighted by Crippen LogP contribution is -2.58. The number of benzene rings is 1. The molecule has 0 unspecified atom stereocenters. The topological polar surface area (TPSA) is 49.3 Å². The predicted molar refractivity (Wildman–Crippen MR) is 125 cm³/mol. The number of nitrogens with zero attached hydrogens (tertiary/aromatic N) is 3. The van der Waals surface area contributed by atoms with Crippen LogP contribution in [0.5, 0.6) is 5.75 Å². The Morgan fingerprint density at radius 1 is 1.31 bits per heavy atom. The van der Waals surface area contributed by atoms with Crippen molar-refractivity contribution >= 4 is 29.9 Å². The molecule has 6 nitrogen and oxygen atoms in total. The van der Waals surface area contributed by atoms with Crippen molar-refractivity contribution < 1.29 is 13.9 Å². The number of aliphatic imine (C=N–C) groups is 1. The summed E-state index contributed by atoms with van der Waals surface area (Å²) in [5, 5.41) is 3.57. The molecule has 0 bridgehead atoms. The van der Waals surface area contributed by atoms with Crippen LogP contribution in [-0.4, -0.2) is 75.4 Å². The highest BCUT2D eigenvalue weighted by Crippen LogP contribution is 2.30. The first-order valence-electron chi connectivity index (χ1n) is 10.1. The zero-order valence-corrected chi connectivity index (χ0v) is 20.1. The van der Waals surface area contributed by atoms with Gasteiger partial charge in [-0.15, -0.1) is 24.0 Å². The number of likely N-dealkylation sites (tertiary alicyclic amines) is 1. The van der Waals surface area contributed by atoms with Crippen LogP contribution in [0.15, 0.2) is 23.2 Å². The molecule has 3 rings (SSSR count). The molecular formula is C21H34FIN4O2. The summed E-state index contributed by atoms with van der Waals surface area (Å²) in [4.78, 5) is 9.11. The lowest BCUT2D eigenvalue weighted by Gasteiger charge is -2.45. The van der Waals surface area contributed by atoms with E-state index in [4.69, 9.17) is 9.47 Å². The monoisotopic (exact) mass is 520 g/mol. The van der Waals surface area contributed by atoms with Crippen molar-refractivity contribution in [3.05, 3.63) is 29.6 Å². The molecular weight excluding hydrogens is 486 g/mol. The molecule has 1 N–H and O–H groups in total. The van der Waals surface area contributed by atoms with E-state index in [9.17, 15) is 4.39 Å². The van der Waals surface area contributed by atoms with Crippen molar-refractivity contribution in [1.82, 2.24) is 15.1 Å². The summed E-state index contributed by atoms with van der Waals surface area (Å²) < 4.78 is 24.6. The van der Waals surface area contributed by atoms with Gasteiger partial charge in [0.15, 0.2) is 17.5 Å². The van der Waals surface area contributed by atoms with Crippen molar-refractivity contribution in [2.75, 3.05) is 54.1 Å². The largest absolute Gasteiger partial charge is 0.494 e. The molecule has 1 aromatic rings. The molecule has 29 heavy (non-hydrogen) atoms. The van der Waals surface area contributed by atoms with Gasteiger partial charge < -0.3 is 19.7 Å². The minimum Gasteiger partial charge on any atom is -0.494 e. The van der Waals surface area contributed by atoms with Gasteiger partial charge in [-0.2, -0.15) is 0 Å². The van der Waals surface area contributed by atoms with E-state index in [2.05, 4.69) is 15.2 Å². The third kappa shape index (κ3) is 5.95. The fourth-order valence-corrected chi connectivity index (χ4v) is 4.33. The van der Waals surface area contributed by atoms with Crippen LogP contribution in [0.3, 0.4) is 0 Å². The molecule has 0 spiro atoms. The Morgan fingerprint density at radius 2 is 2.00 bits per heavy atom. The van der Waals surface area contributed by atoms with Gasteiger partial charge >= 0.3 is 0 Å². The Balaban J connectivity index is 0.00000300. The highest BCUT2D eigenvalue weighted by Gasteiger charge is 2.39. The zero-order valence-electron chi connectivity index (χ0n) is 17.7. The van der Waals surface area contributed by atoms with Crippen LogP contribution < -0.4 is 10.1 Å². The summed E-state index contributed by atoms with van der Waals surface area (Å²) in [6.07, 6.45) is 4.65. The van der Waals surface area contributed by atoms with Gasteiger partial charge in [0.1, 0.15) is 0 Å². The van der Waals surface area contributed by atoms with Crippen LogP contribution >= 0.6 is 24.0 Å². The number of nitrogens with one attached hydrogen (secondary N) is 1. The predicted octanol–water partition coefficient (Wildman–Crippen LogP) is 3.10. The van der Waals surface area contributed by atoms with Gasteiger partial charge in [-0.05, 0) is 56.5 Å². The van der Waals surface area contributed by atoms with Gasteiger partial charge in [-0.25, -0.2) is 4.39 Å². The molecule has 0 amide bonds. The van der Waals surface area contributed by atoms with E-state index in [1.165, 1.54) is 39.1 Å². The first-order chi connectivity index (χ1) is 13.6.